The van der Waals surface area contributed by atoms with Crippen LogP contribution in [0.1, 0.15) is 17.2 Å². The number of hydrogen-bond acceptors (Lipinski definition) is 3. The van der Waals surface area contributed by atoms with Crippen molar-refractivity contribution in [1.29, 1.82) is 0 Å². The first-order chi connectivity index (χ1) is 8.69. The van der Waals surface area contributed by atoms with Crippen LogP contribution in [0.15, 0.2) is 30.5 Å². The molecule has 0 amide bonds. The van der Waals surface area contributed by atoms with Gasteiger partial charge in [0, 0.05) is 32.1 Å². The minimum absolute atomic E-state index is 0.197. The standard InChI is InChI=1S/C13H17FN4/c1-15-8-11(7-13-9-18(2)17-16-13)10-4-3-5-12(14)6-10/h3-6,9,11,15H,7-8H2,1-2H3. The summed E-state index contributed by atoms with van der Waals surface area (Å²) in [7, 11) is 3.73. The van der Waals surface area contributed by atoms with Crippen LogP contribution in [0.25, 0.3) is 0 Å². The molecule has 4 nitrogen and oxygen atoms in total. The van der Waals surface area contributed by atoms with Gasteiger partial charge in [-0.3, -0.25) is 4.68 Å². The maximum absolute atomic E-state index is 13.3. The van der Waals surface area contributed by atoms with E-state index in [0.717, 1.165) is 24.2 Å². The molecule has 1 aromatic carbocycles. The lowest BCUT2D eigenvalue weighted by atomic mass is 9.94. The highest BCUT2D eigenvalue weighted by Crippen LogP contribution is 2.20. The lowest BCUT2D eigenvalue weighted by molar-refractivity contribution is 0.596. The van der Waals surface area contributed by atoms with Gasteiger partial charge in [0.1, 0.15) is 5.82 Å². The molecule has 0 aliphatic carbocycles. The van der Waals surface area contributed by atoms with Crippen LogP contribution in [0.3, 0.4) is 0 Å². The molecule has 0 saturated carbocycles. The van der Waals surface area contributed by atoms with Crippen LogP contribution in [0, 0.1) is 5.82 Å². The van der Waals surface area contributed by atoms with Crippen molar-refractivity contribution in [3.05, 3.63) is 47.5 Å². The van der Waals surface area contributed by atoms with E-state index in [1.165, 1.54) is 6.07 Å². The minimum Gasteiger partial charge on any atom is -0.319 e. The Hall–Kier alpha value is -1.75. The molecule has 0 saturated heterocycles. The van der Waals surface area contributed by atoms with E-state index >= 15 is 0 Å². The van der Waals surface area contributed by atoms with Gasteiger partial charge in [-0.1, -0.05) is 17.3 Å². The zero-order valence-electron chi connectivity index (χ0n) is 10.6. The van der Waals surface area contributed by atoms with Crippen LogP contribution in [-0.4, -0.2) is 28.6 Å². The van der Waals surface area contributed by atoms with E-state index in [9.17, 15) is 4.39 Å². The monoisotopic (exact) mass is 248 g/mol. The van der Waals surface area contributed by atoms with Gasteiger partial charge in [0.25, 0.3) is 0 Å². The van der Waals surface area contributed by atoms with Gasteiger partial charge in [-0.05, 0) is 24.7 Å². The van der Waals surface area contributed by atoms with Gasteiger partial charge >= 0.3 is 0 Å². The van der Waals surface area contributed by atoms with Crippen molar-refractivity contribution < 1.29 is 4.39 Å². The molecule has 2 rings (SSSR count). The van der Waals surface area contributed by atoms with Gasteiger partial charge in [-0.2, -0.15) is 0 Å². The molecule has 1 atom stereocenters. The fourth-order valence-corrected chi connectivity index (χ4v) is 2.06. The number of nitrogens with one attached hydrogen (secondary N) is 1. The van der Waals surface area contributed by atoms with Crippen LogP contribution >= 0.6 is 0 Å². The van der Waals surface area contributed by atoms with Gasteiger partial charge in [0.05, 0.1) is 5.69 Å². The van der Waals surface area contributed by atoms with Crippen molar-refractivity contribution in [2.24, 2.45) is 7.05 Å². The molecule has 1 aromatic heterocycles. The van der Waals surface area contributed by atoms with Gasteiger partial charge in [0.2, 0.25) is 0 Å². The van der Waals surface area contributed by atoms with E-state index in [0.29, 0.717) is 0 Å². The van der Waals surface area contributed by atoms with E-state index in [2.05, 4.69) is 15.6 Å². The molecule has 1 unspecified atom stereocenters. The van der Waals surface area contributed by atoms with Crippen LogP contribution in [0.2, 0.25) is 0 Å². The number of aromatic nitrogens is 3. The summed E-state index contributed by atoms with van der Waals surface area (Å²) >= 11 is 0. The number of hydrogen-bond donors (Lipinski definition) is 1. The third-order valence-electron chi connectivity index (χ3n) is 2.88. The highest BCUT2D eigenvalue weighted by Gasteiger charge is 2.14. The van der Waals surface area contributed by atoms with E-state index in [-0.39, 0.29) is 11.7 Å². The summed E-state index contributed by atoms with van der Waals surface area (Å²) in [6.45, 7) is 0.778. The summed E-state index contributed by atoms with van der Waals surface area (Å²) in [6, 6.07) is 6.73. The lowest BCUT2D eigenvalue weighted by Crippen LogP contribution is -2.19. The normalized spacial score (nSPS) is 12.6. The molecule has 2 aromatic rings. The van der Waals surface area contributed by atoms with Crippen molar-refractivity contribution in [3.8, 4) is 0 Å². The smallest absolute Gasteiger partial charge is 0.123 e. The topological polar surface area (TPSA) is 42.7 Å². The molecule has 0 fully saturated rings. The largest absolute Gasteiger partial charge is 0.319 e. The molecule has 18 heavy (non-hydrogen) atoms. The van der Waals surface area contributed by atoms with Crippen LogP contribution in [-0.2, 0) is 13.5 Å². The Labute approximate surface area is 106 Å². The Morgan fingerprint density at radius 1 is 1.44 bits per heavy atom. The van der Waals surface area contributed by atoms with Gasteiger partial charge in [-0.15, -0.1) is 5.10 Å². The van der Waals surface area contributed by atoms with Gasteiger partial charge in [-0.25, -0.2) is 4.39 Å². The third-order valence-corrected chi connectivity index (χ3v) is 2.88. The molecule has 1 heterocycles. The van der Waals surface area contributed by atoms with Crippen LogP contribution < -0.4 is 5.32 Å². The predicted molar refractivity (Wildman–Crippen MR) is 67.8 cm³/mol. The lowest BCUT2D eigenvalue weighted by Gasteiger charge is -2.15. The SMILES string of the molecule is CNCC(Cc1cn(C)nn1)c1cccc(F)c1. The van der Waals surface area contributed by atoms with Gasteiger partial charge < -0.3 is 5.32 Å². The van der Waals surface area contributed by atoms with Crippen molar-refractivity contribution >= 4 is 0 Å². The number of likely N-dealkylation sites (N-methyl/N-ethyl adjacent to an activating group) is 1. The van der Waals surface area contributed by atoms with Crippen molar-refractivity contribution in [2.45, 2.75) is 12.3 Å². The van der Waals surface area contributed by atoms with Crippen molar-refractivity contribution in [3.63, 3.8) is 0 Å². The fraction of sp³-hybridized carbons (Fsp3) is 0.385. The molecule has 96 valence electrons. The Morgan fingerprint density at radius 2 is 2.28 bits per heavy atom. The number of nitrogens with zero attached hydrogens (tertiary/aromatic N) is 3. The average Bonchev–Trinajstić information content (AvgIpc) is 2.74. The molecule has 0 aliphatic rings. The maximum atomic E-state index is 13.3. The first-order valence-corrected chi connectivity index (χ1v) is 5.94. The van der Waals surface area contributed by atoms with Gasteiger partial charge in [0.15, 0.2) is 0 Å². The zero-order valence-corrected chi connectivity index (χ0v) is 10.6. The molecule has 5 heteroatoms. The number of rotatable bonds is 5. The second-order valence-electron chi connectivity index (χ2n) is 4.40. The molecular formula is C13H17FN4. The van der Waals surface area contributed by atoms with E-state index in [1.807, 2.05) is 26.4 Å². The Balaban J connectivity index is 2.17. The fourth-order valence-electron chi connectivity index (χ4n) is 2.06. The second kappa shape index (κ2) is 5.73. The summed E-state index contributed by atoms with van der Waals surface area (Å²) in [6.07, 6.45) is 2.64. The first kappa shape index (κ1) is 12.7. The maximum Gasteiger partial charge on any atom is 0.123 e. The molecular weight excluding hydrogens is 231 g/mol. The minimum atomic E-state index is -0.201. The quantitative estimate of drug-likeness (QED) is 0.872. The van der Waals surface area contributed by atoms with Crippen molar-refractivity contribution in [2.75, 3.05) is 13.6 Å². The summed E-state index contributed by atoms with van der Waals surface area (Å²) in [5.74, 6) is -0.00449. The van der Waals surface area contributed by atoms with E-state index in [4.69, 9.17) is 0 Å². The Kier molecular flexibility index (Phi) is 4.04. The summed E-state index contributed by atoms with van der Waals surface area (Å²) in [4.78, 5) is 0. The number of benzene rings is 1. The predicted octanol–water partition coefficient (Wildman–Crippen LogP) is 1.50. The second-order valence-corrected chi connectivity index (χ2v) is 4.40. The van der Waals surface area contributed by atoms with Crippen LogP contribution in [0.4, 0.5) is 4.39 Å². The first-order valence-electron chi connectivity index (χ1n) is 5.94. The highest BCUT2D eigenvalue weighted by molar-refractivity contribution is 5.22. The summed E-state index contributed by atoms with van der Waals surface area (Å²) < 4.78 is 14.9. The molecule has 0 bridgehead atoms. The number of aryl methyl sites for hydroxylation is 1. The summed E-state index contributed by atoms with van der Waals surface area (Å²) in [5, 5.41) is 11.1. The Morgan fingerprint density at radius 3 is 2.89 bits per heavy atom. The Bertz CT molecular complexity index is 509. The average molecular weight is 248 g/mol. The molecule has 0 spiro atoms. The van der Waals surface area contributed by atoms with Crippen LogP contribution in [0.5, 0.6) is 0 Å². The summed E-state index contributed by atoms with van der Waals surface area (Å²) in [5.41, 5.74) is 1.90. The van der Waals surface area contributed by atoms with Crippen molar-refractivity contribution in [1.82, 2.24) is 20.3 Å². The zero-order chi connectivity index (χ0) is 13.0. The molecule has 0 aliphatic heterocycles. The number of halogens is 1. The molecule has 1 N–H and O–H groups in total. The third kappa shape index (κ3) is 3.13. The highest BCUT2D eigenvalue weighted by atomic mass is 19.1. The van der Waals surface area contributed by atoms with E-state index < -0.39 is 0 Å². The molecule has 0 radical (unpaired) electrons. The van der Waals surface area contributed by atoms with E-state index in [1.54, 1.807) is 16.8 Å².